The van der Waals surface area contributed by atoms with Crippen LogP contribution in [0.2, 0.25) is 0 Å². The van der Waals surface area contributed by atoms with E-state index in [0.717, 1.165) is 16.9 Å². The standard InChI is InChI=1S/C15H20N4O2/c1-16-14(12-9-18-19(2)10-12)15(20)17-8-11-6-4-5-7-13(11)21-3/h4-7,9-10,14,16H,8H2,1-3H3,(H,17,20). The zero-order valence-electron chi connectivity index (χ0n) is 12.5. The molecule has 1 unspecified atom stereocenters. The number of ether oxygens (including phenoxy) is 1. The molecule has 112 valence electrons. The lowest BCUT2D eigenvalue weighted by molar-refractivity contribution is -0.123. The van der Waals surface area contributed by atoms with Gasteiger partial charge >= 0.3 is 0 Å². The van der Waals surface area contributed by atoms with Gasteiger partial charge in [-0.3, -0.25) is 9.48 Å². The molecule has 1 aromatic heterocycles. The molecule has 21 heavy (non-hydrogen) atoms. The molecule has 1 heterocycles. The lowest BCUT2D eigenvalue weighted by Gasteiger charge is -2.15. The second-order valence-electron chi connectivity index (χ2n) is 4.70. The first-order valence-corrected chi connectivity index (χ1v) is 6.71. The van der Waals surface area contributed by atoms with Crippen molar-refractivity contribution in [1.29, 1.82) is 0 Å². The van der Waals surface area contributed by atoms with Crippen molar-refractivity contribution in [1.82, 2.24) is 20.4 Å². The molecule has 0 spiro atoms. The maximum atomic E-state index is 12.3. The van der Waals surface area contributed by atoms with Crippen molar-refractivity contribution in [3.05, 3.63) is 47.8 Å². The van der Waals surface area contributed by atoms with Gasteiger partial charge in [-0.25, -0.2) is 0 Å². The number of methoxy groups -OCH3 is 1. The van der Waals surface area contributed by atoms with Crippen molar-refractivity contribution in [2.24, 2.45) is 7.05 Å². The minimum Gasteiger partial charge on any atom is -0.496 e. The summed E-state index contributed by atoms with van der Waals surface area (Å²) in [6.07, 6.45) is 3.51. The maximum absolute atomic E-state index is 12.3. The van der Waals surface area contributed by atoms with Gasteiger partial charge in [0.15, 0.2) is 0 Å². The Labute approximate surface area is 124 Å². The van der Waals surface area contributed by atoms with Crippen LogP contribution in [0.1, 0.15) is 17.2 Å². The van der Waals surface area contributed by atoms with Gasteiger partial charge in [-0.2, -0.15) is 5.10 Å². The van der Waals surface area contributed by atoms with Crippen LogP contribution in [0, 0.1) is 0 Å². The number of amides is 1. The number of aromatic nitrogens is 2. The van der Waals surface area contributed by atoms with Crippen LogP contribution >= 0.6 is 0 Å². The van der Waals surface area contributed by atoms with Crippen LogP contribution in [-0.4, -0.2) is 29.8 Å². The zero-order chi connectivity index (χ0) is 15.2. The minimum atomic E-state index is -0.423. The predicted molar refractivity (Wildman–Crippen MR) is 79.8 cm³/mol. The van der Waals surface area contributed by atoms with Crippen molar-refractivity contribution < 1.29 is 9.53 Å². The molecule has 0 radical (unpaired) electrons. The number of hydrogen-bond donors (Lipinski definition) is 2. The molecule has 1 atom stereocenters. The molecule has 2 aromatic rings. The van der Waals surface area contributed by atoms with Gasteiger partial charge in [-0.15, -0.1) is 0 Å². The van der Waals surface area contributed by atoms with E-state index in [9.17, 15) is 4.79 Å². The molecule has 0 fully saturated rings. The Hall–Kier alpha value is -2.34. The molecular weight excluding hydrogens is 268 g/mol. The average molecular weight is 288 g/mol. The van der Waals surface area contributed by atoms with E-state index in [4.69, 9.17) is 4.74 Å². The largest absolute Gasteiger partial charge is 0.496 e. The summed E-state index contributed by atoms with van der Waals surface area (Å²) >= 11 is 0. The van der Waals surface area contributed by atoms with E-state index in [1.807, 2.05) is 37.5 Å². The highest BCUT2D eigenvalue weighted by Gasteiger charge is 2.20. The fraction of sp³-hybridized carbons (Fsp3) is 0.333. The Morgan fingerprint density at radius 1 is 1.43 bits per heavy atom. The minimum absolute atomic E-state index is 0.101. The third-order valence-electron chi connectivity index (χ3n) is 3.25. The summed E-state index contributed by atoms with van der Waals surface area (Å²) in [6, 6.07) is 7.19. The van der Waals surface area contributed by atoms with Crippen LogP contribution in [-0.2, 0) is 18.4 Å². The van der Waals surface area contributed by atoms with Gasteiger partial charge in [0.25, 0.3) is 0 Å². The number of benzene rings is 1. The number of rotatable bonds is 6. The lowest BCUT2D eigenvalue weighted by atomic mass is 10.1. The predicted octanol–water partition coefficient (Wildman–Crippen LogP) is 1.01. The molecule has 0 aliphatic heterocycles. The van der Waals surface area contributed by atoms with E-state index in [2.05, 4.69) is 15.7 Å². The molecule has 6 nitrogen and oxygen atoms in total. The lowest BCUT2D eigenvalue weighted by Crippen LogP contribution is -2.35. The Balaban J connectivity index is 2.03. The summed E-state index contributed by atoms with van der Waals surface area (Å²) in [7, 11) is 5.19. The van der Waals surface area contributed by atoms with E-state index in [0.29, 0.717) is 6.54 Å². The van der Waals surface area contributed by atoms with Crippen LogP contribution in [0.15, 0.2) is 36.7 Å². The number of aryl methyl sites for hydroxylation is 1. The van der Waals surface area contributed by atoms with Crippen molar-refractivity contribution in [3.63, 3.8) is 0 Å². The van der Waals surface area contributed by atoms with Crippen molar-refractivity contribution in [2.45, 2.75) is 12.6 Å². The number of para-hydroxylation sites is 1. The smallest absolute Gasteiger partial charge is 0.242 e. The van der Waals surface area contributed by atoms with Gasteiger partial charge in [0.2, 0.25) is 5.91 Å². The first kappa shape index (κ1) is 15.1. The quantitative estimate of drug-likeness (QED) is 0.832. The fourth-order valence-corrected chi connectivity index (χ4v) is 2.17. The van der Waals surface area contributed by atoms with Gasteiger partial charge in [-0.05, 0) is 13.1 Å². The second kappa shape index (κ2) is 6.90. The zero-order valence-corrected chi connectivity index (χ0v) is 12.5. The van der Waals surface area contributed by atoms with Crippen molar-refractivity contribution in [3.8, 4) is 5.75 Å². The number of likely N-dealkylation sites (N-methyl/N-ethyl adjacent to an activating group) is 1. The van der Waals surface area contributed by atoms with Crippen LogP contribution in [0.3, 0.4) is 0 Å². The molecule has 0 saturated heterocycles. The summed E-state index contributed by atoms with van der Waals surface area (Å²) in [4.78, 5) is 12.3. The third-order valence-corrected chi connectivity index (χ3v) is 3.25. The third kappa shape index (κ3) is 3.61. The highest BCUT2D eigenvalue weighted by Crippen LogP contribution is 2.17. The molecule has 0 bridgehead atoms. The Morgan fingerprint density at radius 3 is 2.81 bits per heavy atom. The van der Waals surface area contributed by atoms with Gasteiger partial charge < -0.3 is 15.4 Å². The number of nitrogens with zero attached hydrogens (tertiary/aromatic N) is 2. The SMILES string of the molecule is CNC(C(=O)NCc1ccccc1OC)c1cnn(C)c1. The summed E-state index contributed by atoms with van der Waals surface area (Å²) in [5.41, 5.74) is 1.77. The van der Waals surface area contributed by atoms with Gasteiger partial charge in [-0.1, -0.05) is 18.2 Å². The topological polar surface area (TPSA) is 68.2 Å². The summed E-state index contributed by atoms with van der Waals surface area (Å²) in [6.45, 7) is 0.418. The van der Waals surface area contributed by atoms with Crippen LogP contribution in [0.4, 0.5) is 0 Å². The van der Waals surface area contributed by atoms with Crippen molar-refractivity contribution >= 4 is 5.91 Å². The molecule has 2 rings (SSSR count). The Kier molecular flexibility index (Phi) is 4.94. The Morgan fingerprint density at radius 2 is 2.19 bits per heavy atom. The summed E-state index contributed by atoms with van der Waals surface area (Å²) < 4.78 is 6.95. The first-order chi connectivity index (χ1) is 10.2. The van der Waals surface area contributed by atoms with Crippen molar-refractivity contribution in [2.75, 3.05) is 14.2 Å². The Bertz CT molecular complexity index is 609. The molecule has 1 amide bonds. The highest BCUT2D eigenvalue weighted by atomic mass is 16.5. The van der Waals surface area contributed by atoms with Crippen LogP contribution in [0.5, 0.6) is 5.75 Å². The number of nitrogens with one attached hydrogen (secondary N) is 2. The molecule has 1 aromatic carbocycles. The van der Waals surface area contributed by atoms with Gasteiger partial charge in [0, 0.05) is 30.9 Å². The summed E-state index contributed by atoms with van der Waals surface area (Å²) in [5.74, 6) is 0.664. The first-order valence-electron chi connectivity index (χ1n) is 6.71. The number of hydrogen-bond acceptors (Lipinski definition) is 4. The van der Waals surface area contributed by atoms with E-state index < -0.39 is 6.04 Å². The van der Waals surface area contributed by atoms with E-state index in [1.165, 1.54) is 0 Å². The molecule has 2 N–H and O–H groups in total. The van der Waals surface area contributed by atoms with E-state index >= 15 is 0 Å². The molecule has 6 heteroatoms. The molecule has 0 aliphatic carbocycles. The number of carbonyl (C=O) groups is 1. The van der Waals surface area contributed by atoms with E-state index in [-0.39, 0.29) is 5.91 Å². The van der Waals surface area contributed by atoms with Gasteiger partial charge in [0.1, 0.15) is 11.8 Å². The fourth-order valence-electron chi connectivity index (χ4n) is 2.17. The average Bonchev–Trinajstić information content (AvgIpc) is 2.92. The highest BCUT2D eigenvalue weighted by molar-refractivity contribution is 5.83. The molecule has 0 aliphatic rings. The monoisotopic (exact) mass is 288 g/mol. The normalized spacial score (nSPS) is 12.0. The van der Waals surface area contributed by atoms with Gasteiger partial charge in [0.05, 0.1) is 13.3 Å². The second-order valence-corrected chi connectivity index (χ2v) is 4.70. The maximum Gasteiger partial charge on any atom is 0.242 e. The van der Waals surface area contributed by atoms with Crippen LogP contribution < -0.4 is 15.4 Å². The van der Waals surface area contributed by atoms with E-state index in [1.54, 1.807) is 25.0 Å². The number of carbonyl (C=O) groups excluding carboxylic acids is 1. The molecule has 0 saturated carbocycles. The van der Waals surface area contributed by atoms with Crippen LogP contribution in [0.25, 0.3) is 0 Å². The summed E-state index contributed by atoms with van der Waals surface area (Å²) in [5, 5.41) is 10.0. The molecular formula is C15H20N4O2.